The highest BCUT2D eigenvalue weighted by Crippen LogP contribution is 2.24. The predicted molar refractivity (Wildman–Crippen MR) is 85.1 cm³/mol. The molecule has 1 aromatic rings. The fourth-order valence-corrected chi connectivity index (χ4v) is 3.67. The van der Waals surface area contributed by atoms with Crippen molar-refractivity contribution in [1.29, 1.82) is 0 Å². The normalized spacial score (nSPS) is 27.3. The number of hydrogen-bond acceptors (Lipinski definition) is 2. The second-order valence-corrected chi connectivity index (χ2v) is 6.86. The van der Waals surface area contributed by atoms with E-state index in [-0.39, 0.29) is 5.54 Å². The lowest BCUT2D eigenvalue weighted by atomic mass is 9.98. The van der Waals surface area contributed by atoms with Crippen molar-refractivity contribution >= 4 is 0 Å². The Bertz CT molecular complexity index is 468. The van der Waals surface area contributed by atoms with Gasteiger partial charge in [-0.05, 0) is 68.8 Å². The second-order valence-electron chi connectivity index (χ2n) is 6.86. The molecule has 0 saturated carbocycles. The number of rotatable bonds is 3. The fraction of sp³-hybridized carbons (Fsp3) is 0.667. The van der Waals surface area contributed by atoms with Crippen LogP contribution in [0.25, 0.3) is 0 Å². The first kappa shape index (κ1) is 14.1. The van der Waals surface area contributed by atoms with Crippen molar-refractivity contribution in [2.24, 2.45) is 0 Å². The Morgan fingerprint density at radius 3 is 2.90 bits per heavy atom. The van der Waals surface area contributed by atoms with Gasteiger partial charge in [-0.2, -0.15) is 0 Å². The van der Waals surface area contributed by atoms with Crippen LogP contribution in [-0.4, -0.2) is 30.1 Å². The van der Waals surface area contributed by atoms with Crippen molar-refractivity contribution in [3.8, 4) is 0 Å². The highest BCUT2D eigenvalue weighted by atomic mass is 15.2. The number of nitrogens with zero attached hydrogens (tertiary/aromatic N) is 1. The minimum atomic E-state index is 0.285. The summed E-state index contributed by atoms with van der Waals surface area (Å²) in [6, 6.07) is 7.18. The van der Waals surface area contributed by atoms with Gasteiger partial charge in [0.15, 0.2) is 0 Å². The zero-order valence-electron chi connectivity index (χ0n) is 13.0. The summed E-state index contributed by atoms with van der Waals surface area (Å²) in [7, 11) is 0. The molecule has 1 aliphatic heterocycles. The first-order valence-electron chi connectivity index (χ1n) is 8.27. The number of aryl methyl sites for hydroxylation is 2. The maximum Gasteiger partial charge on any atom is 0.0277 e. The monoisotopic (exact) mass is 272 g/mol. The van der Waals surface area contributed by atoms with Gasteiger partial charge < -0.3 is 5.32 Å². The van der Waals surface area contributed by atoms with Gasteiger partial charge in [0.05, 0.1) is 0 Å². The van der Waals surface area contributed by atoms with Crippen molar-refractivity contribution in [2.75, 3.05) is 19.6 Å². The zero-order valence-corrected chi connectivity index (χ0v) is 13.0. The summed E-state index contributed by atoms with van der Waals surface area (Å²) in [6.45, 7) is 9.33. The molecule has 2 aliphatic rings. The average molecular weight is 272 g/mol. The SMILES string of the molecule is CCC1(C)CN(Cc2ccc3c(c2)CCC3)CCCN1. The zero-order chi connectivity index (χ0) is 14.0. The van der Waals surface area contributed by atoms with Crippen molar-refractivity contribution in [1.82, 2.24) is 10.2 Å². The Hall–Kier alpha value is -0.860. The van der Waals surface area contributed by atoms with E-state index >= 15 is 0 Å². The molecule has 0 aromatic heterocycles. The molecular formula is C18H28N2. The van der Waals surface area contributed by atoms with Gasteiger partial charge in [0, 0.05) is 18.6 Å². The van der Waals surface area contributed by atoms with Crippen LogP contribution in [0.1, 0.15) is 49.8 Å². The number of benzene rings is 1. The summed E-state index contributed by atoms with van der Waals surface area (Å²) < 4.78 is 0. The van der Waals surface area contributed by atoms with Gasteiger partial charge in [0.25, 0.3) is 0 Å². The number of fused-ring (bicyclic) bond motifs is 1. The van der Waals surface area contributed by atoms with Crippen molar-refractivity contribution in [3.05, 3.63) is 34.9 Å². The highest BCUT2D eigenvalue weighted by molar-refractivity contribution is 5.35. The van der Waals surface area contributed by atoms with Gasteiger partial charge in [-0.3, -0.25) is 4.90 Å². The Labute approximate surface area is 123 Å². The lowest BCUT2D eigenvalue weighted by molar-refractivity contribution is 0.208. The van der Waals surface area contributed by atoms with E-state index < -0.39 is 0 Å². The van der Waals surface area contributed by atoms with E-state index in [4.69, 9.17) is 0 Å². The lowest BCUT2D eigenvalue weighted by Crippen LogP contribution is -2.48. The van der Waals surface area contributed by atoms with Crippen LogP contribution in [0.2, 0.25) is 0 Å². The summed E-state index contributed by atoms with van der Waals surface area (Å²) >= 11 is 0. The molecule has 1 heterocycles. The van der Waals surface area contributed by atoms with E-state index in [2.05, 4.69) is 42.3 Å². The first-order valence-corrected chi connectivity index (χ1v) is 8.27. The van der Waals surface area contributed by atoms with Crippen LogP contribution in [-0.2, 0) is 19.4 Å². The summed E-state index contributed by atoms with van der Waals surface area (Å²) in [5, 5.41) is 3.72. The molecule has 1 N–H and O–H groups in total. The Balaban J connectivity index is 1.70. The lowest BCUT2D eigenvalue weighted by Gasteiger charge is -2.32. The molecule has 1 fully saturated rings. The number of hydrogen-bond donors (Lipinski definition) is 1. The van der Waals surface area contributed by atoms with E-state index in [1.807, 2.05) is 0 Å². The maximum absolute atomic E-state index is 3.72. The van der Waals surface area contributed by atoms with Crippen LogP contribution in [0.4, 0.5) is 0 Å². The van der Waals surface area contributed by atoms with Gasteiger partial charge >= 0.3 is 0 Å². The second kappa shape index (κ2) is 5.87. The molecule has 1 unspecified atom stereocenters. The van der Waals surface area contributed by atoms with Gasteiger partial charge in [0.2, 0.25) is 0 Å². The van der Waals surface area contributed by atoms with Crippen LogP contribution < -0.4 is 5.32 Å². The number of nitrogens with one attached hydrogen (secondary N) is 1. The van der Waals surface area contributed by atoms with Crippen LogP contribution in [0.3, 0.4) is 0 Å². The largest absolute Gasteiger partial charge is 0.310 e. The minimum absolute atomic E-state index is 0.285. The molecule has 20 heavy (non-hydrogen) atoms. The quantitative estimate of drug-likeness (QED) is 0.909. The molecule has 1 aliphatic carbocycles. The molecule has 110 valence electrons. The van der Waals surface area contributed by atoms with Crippen LogP contribution in [0.5, 0.6) is 0 Å². The third kappa shape index (κ3) is 3.07. The van der Waals surface area contributed by atoms with Gasteiger partial charge in [-0.1, -0.05) is 25.1 Å². The topological polar surface area (TPSA) is 15.3 Å². The molecule has 1 aromatic carbocycles. The molecule has 0 bridgehead atoms. The minimum Gasteiger partial charge on any atom is -0.310 e. The van der Waals surface area contributed by atoms with Crippen LogP contribution in [0.15, 0.2) is 18.2 Å². The molecule has 1 atom stereocenters. The predicted octanol–water partition coefficient (Wildman–Crippen LogP) is 3.14. The molecule has 2 heteroatoms. The third-order valence-electron chi connectivity index (χ3n) is 5.12. The fourth-order valence-electron chi connectivity index (χ4n) is 3.67. The molecule has 2 nitrogen and oxygen atoms in total. The van der Waals surface area contributed by atoms with E-state index in [1.165, 1.54) is 50.8 Å². The Kier molecular flexibility index (Phi) is 4.13. The summed E-state index contributed by atoms with van der Waals surface area (Å²) in [6.07, 6.45) is 6.39. The van der Waals surface area contributed by atoms with Gasteiger partial charge in [-0.15, -0.1) is 0 Å². The van der Waals surface area contributed by atoms with Crippen molar-refractivity contribution < 1.29 is 0 Å². The first-order chi connectivity index (χ1) is 9.68. The average Bonchev–Trinajstić information content (AvgIpc) is 2.83. The molecular weight excluding hydrogens is 244 g/mol. The van der Waals surface area contributed by atoms with E-state index in [0.29, 0.717) is 0 Å². The third-order valence-corrected chi connectivity index (χ3v) is 5.12. The molecule has 3 rings (SSSR count). The van der Waals surface area contributed by atoms with Crippen LogP contribution in [0, 0.1) is 0 Å². The standard InChI is InChI=1S/C18H28N2/c1-3-18(2)14-20(11-5-10-19-18)13-15-8-9-16-6-4-7-17(16)12-15/h8-9,12,19H,3-7,10-11,13-14H2,1-2H3. The summed E-state index contributed by atoms with van der Waals surface area (Å²) in [5.41, 5.74) is 4.98. The van der Waals surface area contributed by atoms with Gasteiger partial charge in [-0.25, -0.2) is 0 Å². The summed E-state index contributed by atoms with van der Waals surface area (Å²) in [5.74, 6) is 0. The highest BCUT2D eigenvalue weighted by Gasteiger charge is 2.27. The Morgan fingerprint density at radius 1 is 1.20 bits per heavy atom. The van der Waals surface area contributed by atoms with E-state index in [9.17, 15) is 0 Å². The van der Waals surface area contributed by atoms with Crippen LogP contribution >= 0.6 is 0 Å². The van der Waals surface area contributed by atoms with E-state index in [1.54, 1.807) is 11.1 Å². The van der Waals surface area contributed by atoms with Crippen molar-refractivity contribution in [3.63, 3.8) is 0 Å². The smallest absolute Gasteiger partial charge is 0.0277 e. The molecule has 0 spiro atoms. The molecule has 1 saturated heterocycles. The van der Waals surface area contributed by atoms with Crippen molar-refractivity contribution in [2.45, 2.75) is 58.0 Å². The molecule has 0 amide bonds. The molecule has 0 radical (unpaired) electrons. The van der Waals surface area contributed by atoms with E-state index in [0.717, 1.165) is 13.1 Å². The maximum atomic E-state index is 3.72. The Morgan fingerprint density at radius 2 is 2.05 bits per heavy atom. The van der Waals surface area contributed by atoms with Gasteiger partial charge in [0.1, 0.15) is 0 Å². The summed E-state index contributed by atoms with van der Waals surface area (Å²) in [4.78, 5) is 2.64.